The van der Waals surface area contributed by atoms with Crippen molar-refractivity contribution in [1.82, 2.24) is 20.2 Å². The number of likely N-dealkylation sites (tertiary alicyclic amines) is 1. The first-order valence-electron chi connectivity index (χ1n) is 12.4. The fourth-order valence-electron chi connectivity index (χ4n) is 5.48. The van der Waals surface area contributed by atoms with Gasteiger partial charge in [0.25, 0.3) is 0 Å². The zero-order chi connectivity index (χ0) is 23.8. The SMILES string of the molecule is CC1(C)CCN(Cc2ccc(N3CC(=O)NC4(CCN(c5cc(Cl)ncn5)CC4)C3)cc2)CC1. The second kappa shape index (κ2) is 9.34. The number of piperazine rings is 1. The number of carbonyl (C=O) groups is 1. The lowest BCUT2D eigenvalue weighted by Crippen LogP contribution is -2.66. The van der Waals surface area contributed by atoms with Gasteiger partial charge in [-0.25, -0.2) is 9.97 Å². The Labute approximate surface area is 207 Å². The fraction of sp³-hybridized carbons (Fsp3) is 0.577. The lowest BCUT2D eigenvalue weighted by Gasteiger charge is -2.48. The highest BCUT2D eigenvalue weighted by Crippen LogP contribution is 2.32. The van der Waals surface area contributed by atoms with Crippen LogP contribution in [-0.2, 0) is 11.3 Å². The number of nitrogens with zero attached hydrogens (tertiary/aromatic N) is 5. The van der Waals surface area contributed by atoms with Crippen LogP contribution in [0.1, 0.15) is 45.1 Å². The summed E-state index contributed by atoms with van der Waals surface area (Å²) >= 11 is 6.05. The summed E-state index contributed by atoms with van der Waals surface area (Å²) in [6.45, 7) is 11.0. The van der Waals surface area contributed by atoms with Gasteiger partial charge in [-0.2, -0.15) is 0 Å². The number of hydrogen-bond acceptors (Lipinski definition) is 6. The molecule has 1 aromatic heterocycles. The maximum absolute atomic E-state index is 12.7. The standard InChI is InChI=1S/C26H35ClN6O/c1-25(2)7-11-31(12-8-25)16-20-3-5-21(6-4-20)33-17-24(34)30-26(18-33)9-13-32(14-10-26)23-15-22(27)28-19-29-23/h3-6,15,19H,7-14,16-18H2,1-2H3,(H,30,34). The average Bonchev–Trinajstić information content (AvgIpc) is 2.81. The van der Waals surface area contributed by atoms with E-state index in [9.17, 15) is 4.79 Å². The van der Waals surface area contributed by atoms with Crippen molar-refractivity contribution < 1.29 is 4.79 Å². The van der Waals surface area contributed by atoms with Crippen molar-refractivity contribution in [2.24, 2.45) is 5.41 Å². The third kappa shape index (κ3) is 5.31. The number of halogens is 1. The van der Waals surface area contributed by atoms with E-state index in [0.717, 1.165) is 50.5 Å². The predicted octanol–water partition coefficient (Wildman–Crippen LogP) is 3.73. The summed E-state index contributed by atoms with van der Waals surface area (Å²) in [5, 5.41) is 3.77. The number of piperidine rings is 2. The van der Waals surface area contributed by atoms with E-state index >= 15 is 0 Å². The van der Waals surface area contributed by atoms with Gasteiger partial charge < -0.3 is 15.1 Å². The minimum Gasteiger partial charge on any atom is -0.360 e. The molecule has 3 aliphatic rings. The van der Waals surface area contributed by atoms with E-state index < -0.39 is 0 Å². The number of benzene rings is 1. The third-order valence-corrected chi connectivity index (χ3v) is 8.02. The van der Waals surface area contributed by atoms with Crippen molar-refractivity contribution in [1.29, 1.82) is 0 Å². The highest BCUT2D eigenvalue weighted by molar-refractivity contribution is 6.29. The Morgan fingerprint density at radius 1 is 0.971 bits per heavy atom. The van der Waals surface area contributed by atoms with Gasteiger partial charge in [0.15, 0.2) is 0 Å². The monoisotopic (exact) mass is 482 g/mol. The first-order valence-corrected chi connectivity index (χ1v) is 12.8. The molecule has 8 heteroatoms. The summed E-state index contributed by atoms with van der Waals surface area (Å²) in [6.07, 6.45) is 5.78. The van der Waals surface area contributed by atoms with Crippen molar-refractivity contribution in [2.75, 3.05) is 49.1 Å². The van der Waals surface area contributed by atoms with Gasteiger partial charge in [-0.15, -0.1) is 0 Å². The van der Waals surface area contributed by atoms with Crippen molar-refractivity contribution >= 4 is 29.0 Å². The largest absolute Gasteiger partial charge is 0.360 e. The van der Waals surface area contributed by atoms with E-state index in [0.29, 0.717) is 17.1 Å². The average molecular weight is 483 g/mol. The summed E-state index contributed by atoms with van der Waals surface area (Å²) < 4.78 is 0. The molecule has 0 atom stereocenters. The van der Waals surface area contributed by atoms with Crippen molar-refractivity contribution in [3.63, 3.8) is 0 Å². The van der Waals surface area contributed by atoms with Crippen molar-refractivity contribution in [3.05, 3.63) is 47.4 Å². The van der Waals surface area contributed by atoms with Crippen LogP contribution in [-0.4, -0.2) is 65.6 Å². The van der Waals surface area contributed by atoms with Gasteiger partial charge in [0.2, 0.25) is 5.91 Å². The second-order valence-electron chi connectivity index (χ2n) is 11.0. The van der Waals surface area contributed by atoms with Crippen LogP contribution in [0.3, 0.4) is 0 Å². The van der Waals surface area contributed by atoms with E-state index in [2.05, 4.69) is 68.1 Å². The number of hydrogen-bond donors (Lipinski definition) is 1. The van der Waals surface area contributed by atoms with Gasteiger partial charge >= 0.3 is 0 Å². The first kappa shape index (κ1) is 23.4. The third-order valence-electron chi connectivity index (χ3n) is 7.81. The minimum atomic E-state index is -0.206. The minimum absolute atomic E-state index is 0.102. The van der Waals surface area contributed by atoms with E-state index in [1.807, 2.05) is 0 Å². The Morgan fingerprint density at radius 2 is 1.68 bits per heavy atom. The molecule has 1 spiro atoms. The molecular weight excluding hydrogens is 448 g/mol. The number of carbonyl (C=O) groups excluding carboxylic acids is 1. The van der Waals surface area contributed by atoms with E-state index in [1.54, 1.807) is 6.07 Å². The highest BCUT2D eigenvalue weighted by atomic mass is 35.5. The number of anilines is 2. The predicted molar refractivity (Wildman–Crippen MR) is 136 cm³/mol. The highest BCUT2D eigenvalue weighted by Gasteiger charge is 2.41. The molecular formula is C26H35ClN6O. The molecule has 0 radical (unpaired) electrons. The normalized spacial score (nSPS) is 22.6. The molecule has 0 saturated carbocycles. The number of nitrogens with one attached hydrogen (secondary N) is 1. The molecule has 2 aromatic rings. The lowest BCUT2D eigenvalue weighted by atomic mass is 9.82. The van der Waals surface area contributed by atoms with Crippen molar-refractivity contribution in [2.45, 2.75) is 51.6 Å². The van der Waals surface area contributed by atoms with Gasteiger partial charge in [-0.05, 0) is 61.9 Å². The van der Waals surface area contributed by atoms with Gasteiger partial charge in [-0.3, -0.25) is 9.69 Å². The molecule has 0 bridgehead atoms. The fourth-order valence-corrected chi connectivity index (χ4v) is 5.62. The number of amides is 1. The van der Waals surface area contributed by atoms with Gasteiger partial charge in [-0.1, -0.05) is 37.6 Å². The van der Waals surface area contributed by atoms with E-state index in [1.165, 1.54) is 37.8 Å². The van der Waals surface area contributed by atoms with Crippen LogP contribution < -0.4 is 15.1 Å². The Morgan fingerprint density at radius 3 is 2.35 bits per heavy atom. The molecule has 4 heterocycles. The Bertz CT molecular complexity index is 1010. The topological polar surface area (TPSA) is 64.6 Å². The van der Waals surface area contributed by atoms with Crippen LogP contribution in [0.25, 0.3) is 0 Å². The Balaban J connectivity index is 1.21. The van der Waals surface area contributed by atoms with Crippen LogP contribution in [0.15, 0.2) is 36.7 Å². The van der Waals surface area contributed by atoms with Crippen LogP contribution in [0.5, 0.6) is 0 Å². The molecule has 0 unspecified atom stereocenters. The lowest BCUT2D eigenvalue weighted by molar-refractivity contribution is -0.123. The summed E-state index contributed by atoms with van der Waals surface area (Å²) in [7, 11) is 0. The molecule has 1 amide bonds. The van der Waals surface area contributed by atoms with Crippen LogP contribution >= 0.6 is 11.6 Å². The molecule has 3 fully saturated rings. The second-order valence-corrected chi connectivity index (χ2v) is 11.4. The molecule has 182 valence electrons. The molecule has 3 aliphatic heterocycles. The quantitative estimate of drug-likeness (QED) is 0.670. The molecule has 5 rings (SSSR count). The molecule has 7 nitrogen and oxygen atoms in total. The number of aromatic nitrogens is 2. The summed E-state index contributed by atoms with van der Waals surface area (Å²) in [5.41, 5.74) is 2.74. The van der Waals surface area contributed by atoms with E-state index in [-0.39, 0.29) is 11.4 Å². The number of rotatable bonds is 4. The maximum atomic E-state index is 12.7. The van der Waals surface area contributed by atoms with Gasteiger partial charge in [0.05, 0.1) is 12.1 Å². The van der Waals surface area contributed by atoms with Crippen molar-refractivity contribution in [3.8, 4) is 0 Å². The summed E-state index contributed by atoms with van der Waals surface area (Å²) in [5.74, 6) is 0.950. The van der Waals surface area contributed by atoms with E-state index in [4.69, 9.17) is 11.6 Å². The molecule has 1 N–H and O–H groups in total. The van der Waals surface area contributed by atoms with Gasteiger partial charge in [0.1, 0.15) is 17.3 Å². The summed E-state index contributed by atoms with van der Waals surface area (Å²) in [6, 6.07) is 10.6. The zero-order valence-electron chi connectivity index (χ0n) is 20.3. The Kier molecular flexibility index (Phi) is 6.42. The zero-order valence-corrected chi connectivity index (χ0v) is 21.0. The summed E-state index contributed by atoms with van der Waals surface area (Å²) in [4.78, 5) is 28.0. The van der Waals surface area contributed by atoms with Crippen LogP contribution in [0.2, 0.25) is 5.15 Å². The molecule has 34 heavy (non-hydrogen) atoms. The first-order chi connectivity index (χ1) is 16.3. The molecule has 3 saturated heterocycles. The van der Waals surface area contributed by atoms with Gasteiger partial charge in [0, 0.05) is 37.9 Å². The van der Waals surface area contributed by atoms with Crippen LogP contribution in [0, 0.1) is 5.41 Å². The smallest absolute Gasteiger partial charge is 0.240 e. The maximum Gasteiger partial charge on any atom is 0.240 e. The Hall–Kier alpha value is -2.38. The van der Waals surface area contributed by atoms with Crippen LogP contribution in [0.4, 0.5) is 11.5 Å². The molecule has 0 aliphatic carbocycles. The molecule has 1 aromatic carbocycles.